The second kappa shape index (κ2) is 10.1. The number of esters is 3. The Morgan fingerprint density at radius 3 is 2.17 bits per heavy atom. The maximum absolute atomic E-state index is 13.6. The molecule has 1 saturated heterocycles. The number of carbonyl (C=O) groups is 3. The van der Waals surface area contributed by atoms with E-state index < -0.39 is 82.5 Å². The zero-order valence-corrected chi connectivity index (χ0v) is 24.7. The van der Waals surface area contributed by atoms with Gasteiger partial charge in [-0.05, 0) is 50.5 Å². The molecule has 11 heteroatoms. The number of aliphatic hydroxyl groups excluding tert-OH is 3. The van der Waals surface area contributed by atoms with Gasteiger partial charge < -0.3 is 39.4 Å². The summed E-state index contributed by atoms with van der Waals surface area (Å²) >= 11 is 0. The Morgan fingerprint density at radius 2 is 1.64 bits per heavy atom. The van der Waals surface area contributed by atoms with Gasteiger partial charge in [0.2, 0.25) is 0 Å². The fourth-order valence-corrected chi connectivity index (χ4v) is 8.35. The van der Waals surface area contributed by atoms with Gasteiger partial charge in [-0.3, -0.25) is 9.59 Å². The lowest BCUT2D eigenvalue weighted by atomic mass is 9.49. The molecule has 1 aromatic rings. The van der Waals surface area contributed by atoms with Gasteiger partial charge in [-0.2, -0.15) is 0 Å². The van der Waals surface area contributed by atoms with Gasteiger partial charge in [0.15, 0.2) is 5.60 Å². The lowest BCUT2D eigenvalue weighted by molar-refractivity contribution is -0.351. The Morgan fingerprint density at radius 1 is 1.00 bits per heavy atom. The molecule has 1 heterocycles. The minimum absolute atomic E-state index is 0.0324. The van der Waals surface area contributed by atoms with E-state index in [4.69, 9.17) is 18.9 Å². The van der Waals surface area contributed by atoms with Gasteiger partial charge in [-0.25, -0.2) is 4.79 Å². The fraction of sp³-hybridized carbons (Fsp3) is 0.645. The molecule has 230 valence electrons. The van der Waals surface area contributed by atoms with Crippen LogP contribution in [0, 0.1) is 16.7 Å². The summed E-state index contributed by atoms with van der Waals surface area (Å²) in [7, 11) is 0. The quantitative estimate of drug-likeness (QED) is 0.223. The number of fused-ring (bicyclic) bond motifs is 4. The summed E-state index contributed by atoms with van der Waals surface area (Å²) in [4.78, 5) is 39.0. The molecule has 2 saturated carbocycles. The maximum atomic E-state index is 13.6. The van der Waals surface area contributed by atoms with Crippen molar-refractivity contribution in [3.8, 4) is 0 Å². The molecule has 0 spiro atoms. The molecule has 0 radical (unpaired) electrons. The number of rotatable bonds is 5. The molecule has 3 fully saturated rings. The molecule has 11 nitrogen and oxygen atoms in total. The van der Waals surface area contributed by atoms with Crippen molar-refractivity contribution in [3.63, 3.8) is 0 Å². The van der Waals surface area contributed by atoms with Crippen LogP contribution < -0.4 is 0 Å². The molecule has 0 amide bonds. The first-order valence-electron chi connectivity index (χ1n) is 14.2. The van der Waals surface area contributed by atoms with Crippen LogP contribution >= 0.6 is 0 Å². The first-order valence-corrected chi connectivity index (χ1v) is 14.2. The molecule has 3 aliphatic carbocycles. The molecule has 4 aliphatic rings. The molecular formula is C31H40O11. The van der Waals surface area contributed by atoms with Crippen LogP contribution in [0.3, 0.4) is 0 Å². The number of aliphatic hydroxyl groups is 4. The van der Waals surface area contributed by atoms with Crippen molar-refractivity contribution in [2.45, 2.75) is 102 Å². The first kappa shape index (κ1) is 30.6. The van der Waals surface area contributed by atoms with E-state index in [1.807, 2.05) is 0 Å². The van der Waals surface area contributed by atoms with Gasteiger partial charge in [-0.1, -0.05) is 25.1 Å². The molecule has 0 aromatic heterocycles. The Balaban J connectivity index is 1.84. The van der Waals surface area contributed by atoms with Crippen molar-refractivity contribution in [2.24, 2.45) is 16.7 Å². The molecule has 4 N–H and O–H groups in total. The second-order valence-electron chi connectivity index (χ2n) is 13.0. The van der Waals surface area contributed by atoms with E-state index in [0.29, 0.717) is 5.57 Å². The topological polar surface area (TPSA) is 169 Å². The molecule has 10 atom stereocenters. The molecule has 10 unspecified atom stereocenters. The highest BCUT2D eigenvalue weighted by molar-refractivity contribution is 5.89. The maximum Gasteiger partial charge on any atom is 0.338 e. The highest BCUT2D eigenvalue weighted by atomic mass is 16.6. The summed E-state index contributed by atoms with van der Waals surface area (Å²) in [6.07, 6.45) is -7.97. The smallest absolute Gasteiger partial charge is 0.338 e. The minimum Gasteiger partial charge on any atom is -0.461 e. The van der Waals surface area contributed by atoms with Gasteiger partial charge >= 0.3 is 17.9 Å². The van der Waals surface area contributed by atoms with Crippen LogP contribution in [-0.4, -0.2) is 92.8 Å². The third-order valence-electron chi connectivity index (χ3n) is 10.3. The molecule has 1 aliphatic heterocycles. The van der Waals surface area contributed by atoms with Gasteiger partial charge in [0.05, 0.1) is 41.3 Å². The fourth-order valence-electron chi connectivity index (χ4n) is 8.35. The molecular weight excluding hydrogens is 548 g/mol. The lowest BCUT2D eigenvalue weighted by Crippen LogP contribution is -2.79. The van der Waals surface area contributed by atoms with Crippen LogP contribution in [0.2, 0.25) is 0 Å². The van der Waals surface area contributed by atoms with E-state index in [1.54, 1.807) is 44.2 Å². The van der Waals surface area contributed by atoms with Crippen molar-refractivity contribution in [1.82, 2.24) is 0 Å². The van der Waals surface area contributed by atoms with Crippen LogP contribution in [0.5, 0.6) is 0 Å². The van der Waals surface area contributed by atoms with Crippen molar-refractivity contribution >= 4 is 17.9 Å². The number of ether oxygens (including phenoxy) is 4. The number of hydrogen-bond donors (Lipinski definition) is 4. The lowest BCUT2D eigenvalue weighted by Gasteiger charge is -2.65. The Hall–Kier alpha value is -2.83. The minimum atomic E-state index is -1.75. The molecule has 42 heavy (non-hydrogen) atoms. The van der Waals surface area contributed by atoms with E-state index >= 15 is 0 Å². The number of carbonyl (C=O) groups excluding carboxylic acids is 3. The predicted molar refractivity (Wildman–Crippen MR) is 146 cm³/mol. The average Bonchev–Trinajstić information content (AvgIpc) is 3.14. The third kappa shape index (κ3) is 4.16. The predicted octanol–water partition coefficient (Wildman–Crippen LogP) is 1.44. The Labute approximate surface area is 244 Å². The molecule has 0 bridgehead atoms. The number of benzene rings is 1. The van der Waals surface area contributed by atoms with Crippen LogP contribution in [0.25, 0.3) is 0 Å². The molecule has 5 rings (SSSR count). The van der Waals surface area contributed by atoms with E-state index in [9.17, 15) is 34.8 Å². The van der Waals surface area contributed by atoms with Crippen LogP contribution in [0.15, 0.2) is 41.5 Å². The summed E-state index contributed by atoms with van der Waals surface area (Å²) in [6.45, 7) is 8.48. The SMILES string of the molecule is CC(=O)OC1C2C3(OC(C)=O)COC3CC(O)C2(C)C(OC(=O)c2ccccc2)C(O)C2=C(C)C(O)CC21C(C)(C)O. The van der Waals surface area contributed by atoms with E-state index in [1.165, 1.54) is 27.7 Å². The summed E-state index contributed by atoms with van der Waals surface area (Å²) in [5.74, 6) is -3.32. The van der Waals surface area contributed by atoms with Gasteiger partial charge in [-0.15, -0.1) is 0 Å². The van der Waals surface area contributed by atoms with E-state index in [2.05, 4.69) is 0 Å². The van der Waals surface area contributed by atoms with Crippen molar-refractivity contribution in [1.29, 1.82) is 0 Å². The second-order valence-corrected chi connectivity index (χ2v) is 13.0. The van der Waals surface area contributed by atoms with E-state index in [-0.39, 0.29) is 30.6 Å². The van der Waals surface area contributed by atoms with Crippen LogP contribution in [0.4, 0.5) is 0 Å². The normalized spacial score (nSPS) is 41.0. The highest BCUT2D eigenvalue weighted by Crippen LogP contribution is 2.68. The van der Waals surface area contributed by atoms with Crippen molar-refractivity contribution < 1.29 is 53.8 Å². The highest BCUT2D eigenvalue weighted by Gasteiger charge is 2.79. The summed E-state index contributed by atoms with van der Waals surface area (Å²) < 4.78 is 24.0. The average molecular weight is 589 g/mol. The first-order chi connectivity index (χ1) is 19.5. The largest absolute Gasteiger partial charge is 0.461 e. The number of hydrogen-bond acceptors (Lipinski definition) is 11. The van der Waals surface area contributed by atoms with E-state index in [0.717, 1.165) is 0 Å². The Kier molecular flexibility index (Phi) is 7.38. The zero-order chi connectivity index (χ0) is 31.0. The summed E-state index contributed by atoms with van der Waals surface area (Å²) in [5.41, 5.74) is -5.82. The van der Waals surface area contributed by atoms with Gasteiger partial charge in [0.25, 0.3) is 0 Å². The monoisotopic (exact) mass is 588 g/mol. The Bertz CT molecular complexity index is 1300. The van der Waals surface area contributed by atoms with Crippen LogP contribution in [-0.2, 0) is 28.5 Å². The van der Waals surface area contributed by atoms with Gasteiger partial charge in [0, 0.05) is 25.7 Å². The zero-order valence-electron chi connectivity index (χ0n) is 24.7. The third-order valence-corrected chi connectivity index (χ3v) is 10.3. The summed E-state index contributed by atoms with van der Waals surface area (Å²) in [5, 5.41) is 47.3. The van der Waals surface area contributed by atoms with Crippen LogP contribution in [0.1, 0.15) is 64.7 Å². The standard InChI is InChI=1S/C31H40O11/c1-15-19(34)13-30(28(4,5)38)22(15)23(36)25(41-27(37)18-10-8-7-9-11-18)29(6)20(35)12-21-31(14-39-21,42-17(3)33)24(29)26(30)40-16(2)32/h7-11,19-21,23-26,34-36,38H,12-14H2,1-6H3. The van der Waals surface area contributed by atoms with Gasteiger partial charge in [0.1, 0.15) is 24.4 Å². The molecule has 1 aromatic carbocycles. The van der Waals surface area contributed by atoms with Crippen molar-refractivity contribution in [2.75, 3.05) is 6.61 Å². The summed E-state index contributed by atoms with van der Waals surface area (Å²) in [6, 6.07) is 8.13. The van der Waals surface area contributed by atoms with Crippen molar-refractivity contribution in [3.05, 3.63) is 47.0 Å².